The standard InChI is InChI=1S/C16H26BrNO2/c1-6-18-9-13-8-14(17)7-12(4)15(13)20-10-16(5,19)11(2)3/h7-8,11,18-19H,6,9-10H2,1-5H3. The Morgan fingerprint density at radius 3 is 2.60 bits per heavy atom. The minimum atomic E-state index is -0.824. The number of aliphatic hydroxyl groups is 1. The van der Waals surface area contributed by atoms with E-state index in [2.05, 4.69) is 34.2 Å². The Balaban J connectivity index is 2.92. The van der Waals surface area contributed by atoms with Gasteiger partial charge in [-0.05, 0) is 44.0 Å². The third kappa shape index (κ3) is 4.76. The molecule has 0 aromatic heterocycles. The summed E-state index contributed by atoms with van der Waals surface area (Å²) in [5.74, 6) is 1.02. The first kappa shape index (κ1) is 17.5. The molecule has 0 fully saturated rings. The van der Waals surface area contributed by atoms with Crippen molar-refractivity contribution < 1.29 is 9.84 Å². The summed E-state index contributed by atoms with van der Waals surface area (Å²) >= 11 is 3.52. The van der Waals surface area contributed by atoms with Crippen molar-refractivity contribution in [1.29, 1.82) is 0 Å². The number of rotatable bonds is 7. The lowest BCUT2D eigenvalue weighted by molar-refractivity contribution is -0.0270. The highest BCUT2D eigenvalue weighted by atomic mass is 79.9. The second-order valence-electron chi connectivity index (χ2n) is 5.79. The van der Waals surface area contributed by atoms with E-state index in [1.807, 2.05) is 33.8 Å². The fourth-order valence-corrected chi connectivity index (χ4v) is 2.40. The van der Waals surface area contributed by atoms with Crippen molar-refractivity contribution in [3.8, 4) is 5.75 Å². The number of hydrogen-bond acceptors (Lipinski definition) is 3. The second kappa shape index (κ2) is 7.43. The number of ether oxygens (including phenoxy) is 1. The van der Waals surface area contributed by atoms with Gasteiger partial charge in [-0.1, -0.05) is 36.7 Å². The third-order valence-electron chi connectivity index (χ3n) is 3.63. The van der Waals surface area contributed by atoms with Crippen LogP contribution in [0, 0.1) is 12.8 Å². The van der Waals surface area contributed by atoms with Gasteiger partial charge >= 0.3 is 0 Å². The minimum Gasteiger partial charge on any atom is -0.490 e. The number of hydrogen-bond donors (Lipinski definition) is 2. The first-order valence-corrected chi connectivity index (χ1v) is 7.92. The van der Waals surface area contributed by atoms with Gasteiger partial charge in [-0.3, -0.25) is 0 Å². The topological polar surface area (TPSA) is 41.5 Å². The van der Waals surface area contributed by atoms with Gasteiger partial charge in [0.25, 0.3) is 0 Å². The molecule has 0 bridgehead atoms. The minimum absolute atomic E-state index is 0.149. The molecule has 0 aliphatic carbocycles. The van der Waals surface area contributed by atoms with E-state index in [4.69, 9.17) is 4.74 Å². The van der Waals surface area contributed by atoms with Crippen LogP contribution in [-0.4, -0.2) is 23.9 Å². The molecule has 0 spiro atoms. The van der Waals surface area contributed by atoms with Crippen molar-refractivity contribution >= 4 is 15.9 Å². The van der Waals surface area contributed by atoms with E-state index in [0.717, 1.165) is 34.4 Å². The SMILES string of the molecule is CCNCc1cc(Br)cc(C)c1OCC(C)(O)C(C)C. The van der Waals surface area contributed by atoms with Gasteiger partial charge in [-0.15, -0.1) is 0 Å². The molecule has 0 heterocycles. The van der Waals surface area contributed by atoms with Crippen LogP contribution in [0.1, 0.15) is 38.8 Å². The second-order valence-corrected chi connectivity index (χ2v) is 6.71. The Morgan fingerprint density at radius 1 is 1.40 bits per heavy atom. The van der Waals surface area contributed by atoms with Gasteiger partial charge in [0.15, 0.2) is 0 Å². The van der Waals surface area contributed by atoms with Crippen LogP contribution >= 0.6 is 15.9 Å². The zero-order chi connectivity index (χ0) is 15.3. The average molecular weight is 344 g/mol. The van der Waals surface area contributed by atoms with E-state index >= 15 is 0 Å². The van der Waals surface area contributed by atoms with E-state index in [9.17, 15) is 5.11 Å². The van der Waals surface area contributed by atoms with Crippen molar-refractivity contribution in [2.24, 2.45) is 5.92 Å². The van der Waals surface area contributed by atoms with Gasteiger partial charge in [0, 0.05) is 16.6 Å². The predicted molar refractivity (Wildman–Crippen MR) is 87.2 cm³/mol. The maximum absolute atomic E-state index is 10.3. The molecule has 2 N–H and O–H groups in total. The molecule has 0 saturated heterocycles. The molecule has 0 saturated carbocycles. The lowest BCUT2D eigenvalue weighted by atomic mass is 9.93. The Bertz CT molecular complexity index is 444. The maximum Gasteiger partial charge on any atom is 0.126 e. The Hall–Kier alpha value is -0.580. The van der Waals surface area contributed by atoms with Crippen molar-refractivity contribution in [3.05, 3.63) is 27.7 Å². The molecule has 1 aromatic rings. The van der Waals surface area contributed by atoms with Gasteiger partial charge in [0.05, 0.1) is 5.60 Å². The largest absolute Gasteiger partial charge is 0.490 e. The Morgan fingerprint density at radius 2 is 2.05 bits per heavy atom. The van der Waals surface area contributed by atoms with E-state index in [1.165, 1.54) is 0 Å². The molecular formula is C16H26BrNO2. The first-order chi connectivity index (χ1) is 9.27. The molecule has 0 aliphatic rings. The summed E-state index contributed by atoms with van der Waals surface area (Å²) in [6, 6.07) is 4.10. The predicted octanol–water partition coefficient (Wildman–Crippen LogP) is 3.65. The molecule has 1 aromatic carbocycles. The van der Waals surface area contributed by atoms with Gasteiger partial charge < -0.3 is 15.2 Å². The molecule has 4 heteroatoms. The first-order valence-electron chi connectivity index (χ1n) is 7.12. The Kier molecular flexibility index (Phi) is 6.49. The summed E-state index contributed by atoms with van der Waals surface area (Å²) in [6.07, 6.45) is 0. The van der Waals surface area contributed by atoms with Gasteiger partial charge in [-0.2, -0.15) is 0 Å². The maximum atomic E-state index is 10.3. The Labute approximate surface area is 130 Å². The monoisotopic (exact) mass is 343 g/mol. The van der Waals surface area contributed by atoms with Crippen LogP contribution in [0.5, 0.6) is 5.75 Å². The average Bonchev–Trinajstić information content (AvgIpc) is 2.34. The highest BCUT2D eigenvalue weighted by Crippen LogP contribution is 2.29. The summed E-state index contributed by atoms with van der Waals surface area (Å²) in [4.78, 5) is 0. The normalized spacial score (nSPS) is 14.4. The van der Waals surface area contributed by atoms with Crippen LogP contribution in [0.3, 0.4) is 0 Å². The number of benzene rings is 1. The molecule has 1 atom stereocenters. The number of halogens is 1. The lowest BCUT2D eigenvalue weighted by Crippen LogP contribution is -2.38. The van der Waals surface area contributed by atoms with E-state index in [1.54, 1.807) is 0 Å². The summed E-state index contributed by atoms with van der Waals surface area (Å²) in [6.45, 7) is 11.9. The van der Waals surface area contributed by atoms with Crippen LogP contribution < -0.4 is 10.1 Å². The molecule has 20 heavy (non-hydrogen) atoms. The molecule has 114 valence electrons. The highest BCUT2D eigenvalue weighted by Gasteiger charge is 2.26. The van der Waals surface area contributed by atoms with Gasteiger partial charge in [0.1, 0.15) is 12.4 Å². The highest BCUT2D eigenvalue weighted by molar-refractivity contribution is 9.10. The van der Waals surface area contributed by atoms with Crippen molar-refractivity contribution in [2.75, 3.05) is 13.2 Å². The fraction of sp³-hybridized carbons (Fsp3) is 0.625. The summed E-state index contributed by atoms with van der Waals surface area (Å²) in [7, 11) is 0. The van der Waals surface area contributed by atoms with Crippen molar-refractivity contribution in [1.82, 2.24) is 5.32 Å². The van der Waals surface area contributed by atoms with Crippen LogP contribution in [0.4, 0.5) is 0 Å². The molecule has 0 radical (unpaired) electrons. The van der Waals surface area contributed by atoms with Crippen molar-refractivity contribution in [2.45, 2.75) is 46.8 Å². The molecule has 0 aliphatic heterocycles. The molecule has 1 rings (SSSR count). The van der Waals surface area contributed by atoms with Crippen LogP contribution in [-0.2, 0) is 6.54 Å². The number of nitrogens with one attached hydrogen (secondary N) is 1. The van der Waals surface area contributed by atoms with E-state index in [-0.39, 0.29) is 5.92 Å². The molecule has 0 amide bonds. The van der Waals surface area contributed by atoms with Crippen LogP contribution in [0.2, 0.25) is 0 Å². The lowest BCUT2D eigenvalue weighted by Gasteiger charge is -2.28. The van der Waals surface area contributed by atoms with E-state index < -0.39 is 5.60 Å². The summed E-state index contributed by atoms with van der Waals surface area (Å²) in [5, 5.41) is 13.6. The van der Waals surface area contributed by atoms with Crippen molar-refractivity contribution in [3.63, 3.8) is 0 Å². The zero-order valence-corrected chi connectivity index (χ0v) is 14.7. The van der Waals surface area contributed by atoms with E-state index in [0.29, 0.717) is 6.61 Å². The number of aryl methyl sites for hydroxylation is 1. The summed E-state index contributed by atoms with van der Waals surface area (Å²) < 4.78 is 6.98. The smallest absolute Gasteiger partial charge is 0.126 e. The molecule has 3 nitrogen and oxygen atoms in total. The molecular weight excluding hydrogens is 318 g/mol. The molecule has 1 unspecified atom stereocenters. The summed E-state index contributed by atoms with van der Waals surface area (Å²) in [5.41, 5.74) is 1.36. The van der Waals surface area contributed by atoms with Crippen LogP contribution in [0.15, 0.2) is 16.6 Å². The third-order valence-corrected chi connectivity index (χ3v) is 4.09. The zero-order valence-electron chi connectivity index (χ0n) is 13.1. The quantitative estimate of drug-likeness (QED) is 0.793. The van der Waals surface area contributed by atoms with Crippen LogP contribution in [0.25, 0.3) is 0 Å². The van der Waals surface area contributed by atoms with Gasteiger partial charge in [0.2, 0.25) is 0 Å². The fourth-order valence-electron chi connectivity index (χ4n) is 1.78. The van der Waals surface area contributed by atoms with Gasteiger partial charge in [-0.25, -0.2) is 0 Å².